The fraction of sp³-hybridized carbons (Fsp3) is 0.585. The SMILES string of the molecule is COc1cc2c(O[C@@H]3OC[C@@H](OC)[C@H](OC)[C@H]3OCCCCCCCCN3CCC(O)CC3)c3c(c(-c4ccc5c(c4)OCO5)c2cc1OC)C(=O)OC3. The van der Waals surface area contributed by atoms with Crippen molar-refractivity contribution >= 4 is 16.7 Å². The van der Waals surface area contributed by atoms with Crippen LogP contribution in [-0.2, 0) is 30.3 Å². The number of carbonyl (C=O) groups is 1. The molecule has 2 saturated heterocycles. The van der Waals surface area contributed by atoms with Crippen molar-refractivity contribution in [2.45, 2.75) is 88.7 Å². The van der Waals surface area contributed by atoms with Crippen molar-refractivity contribution in [3.63, 3.8) is 0 Å². The lowest BCUT2D eigenvalue weighted by Crippen LogP contribution is -2.57. The quantitative estimate of drug-likeness (QED) is 0.130. The summed E-state index contributed by atoms with van der Waals surface area (Å²) in [6.07, 6.45) is 5.91. The van der Waals surface area contributed by atoms with E-state index in [1.54, 1.807) is 28.4 Å². The second kappa shape index (κ2) is 17.7. The number of esters is 1. The average Bonchev–Trinajstić information content (AvgIpc) is 3.83. The van der Waals surface area contributed by atoms with Gasteiger partial charge in [0.15, 0.2) is 23.0 Å². The van der Waals surface area contributed by atoms with Crippen molar-refractivity contribution in [2.75, 3.05) is 68.1 Å². The van der Waals surface area contributed by atoms with Crippen molar-refractivity contribution in [2.24, 2.45) is 0 Å². The first-order chi connectivity index (χ1) is 26.4. The van der Waals surface area contributed by atoms with E-state index in [0.29, 0.717) is 62.8 Å². The number of rotatable bonds is 17. The van der Waals surface area contributed by atoms with Crippen LogP contribution < -0.4 is 23.7 Å². The first-order valence-corrected chi connectivity index (χ1v) is 19.1. The molecule has 4 aliphatic rings. The molecule has 4 atom stereocenters. The van der Waals surface area contributed by atoms with Crippen molar-refractivity contribution in [3.8, 4) is 39.9 Å². The summed E-state index contributed by atoms with van der Waals surface area (Å²) in [6.45, 7) is 3.97. The predicted octanol–water partition coefficient (Wildman–Crippen LogP) is 5.87. The summed E-state index contributed by atoms with van der Waals surface area (Å²) in [6, 6.07) is 9.30. The Morgan fingerprint density at radius 3 is 2.26 bits per heavy atom. The monoisotopic (exact) mass is 751 g/mol. The number of unbranched alkanes of at least 4 members (excludes halogenated alkanes) is 5. The highest BCUT2D eigenvalue weighted by atomic mass is 16.7. The van der Waals surface area contributed by atoms with Crippen molar-refractivity contribution < 1.29 is 57.3 Å². The third kappa shape index (κ3) is 8.07. The van der Waals surface area contributed by atoms with Crippen molar-refractivity contribution in [1.29, 1.82) is 0 Å². The molecule has 13 nitrogen and oxygen atoms in total. The number of fused-ring (bicyclic) bond motifs is 3. The minimum atomic E-state index is -0.884. The zero-order valence-corrected chi connectivity index (χ0v) is 31.8. The Labute approximate surface area is 316 Å². The number of cyclic esters (lactones) is 1. The lowest BCUT2D eigenvalue weighted by atomic mass is 9.89. The molecular weight excluding hydrogens is 698 g/mol. The Hall–Kier alpha value is -3.85. The molecular formula is C41H53NO12. The molecule has 294 valence electrons. The lowest BCUT2D eigenvalue weighted by Gasteiger charge is -2.41. The number of carbonyl (C=O) groups excluding carboxylic acids is 1. The molecule has 54 heavy (non-hydrogen) atoms. The molecule has 7 rings (SSSR count). The van der Waals surface area contributed by atoms with Gasteiger partial charge < -0.3 is 57.4 Å². The Morgan fingerprint density at radius 1 is 0.796 bits per heavy atom. The molecule has 3 aromatic carbocycles. The summed E-state index contributed by atoms with van der Waals surface area (Å²) in [4.78, 5) is 16.0. The predicted molar refractivity (Wildman–Crippen MR) is 199 cm³/mol. The zero-order chi connectivity index (χ0) is 37.6. The number of methoxy groups -OCH3 is 4. The van der Waals surface area contributed by atoms with Gasteiger partial charge in [0.25, 0.3) is 0 Å². The molecule has 0 radical (unpaired) electrons. The van der Waals surface area contributed by atoms with E-state index in [9.17, 15) is 9.90 Å². The standard InChI is InChI=1S/C41H53NO12/c1-45-31-20-27-28(21-32(31)46-2)37(29-22-50-40(44)36(29)35(27)25-11-12-30-33(19-25)53-24-52-30)54-41-39(38(48-4)34(47-3)23-51-41)49-18-10-8-6-5-7-9-15-42-16-13-26(43)14-17-42/h11-12,19-21,26,34,38-39,41,43H,5-10,13-18,22-24H2,1-4H3/t34-,38+,39-,41+/m1/s1. The molecule has 1 N–H and O–H groups in total. The second-order valence-corrected chi connectivity index (χ2v) is 14.3. The van der Waals surface area contributed by atoms with E-state index < -0.39 is 24.5 Å². The largest absolute Gasteiger partial charge is 0.493 e. The fourth-order valence-corrected chi connectivity index (χ4v) is 8.03. The van der Waals surface area contributed by atoms with Gasteiger partial charge in [0.1, 0.15) is 30.7 Å². The molecule has 0 aromatic heterocycles. The van der Waals surface area contributed by atoms with Crippen LogP contribution in [0.2, 0.25) is 0 Å². The molecule has 0 unspecified atom stereocenters. The van der Waals surface area contributed by atoms with E-state index in [1.165, 1.54) is 19.3 Å². The number of aliphatic hydroxyl groups is 1. The van der Waals surface area contributed by atoms with Crippen LogP contribution in [0, 0.1) is 0 Å². The van der Waals surface area contributed by atoms with Crippen LogP contribution in [-0.4, -0.2) is 115 Å². The number of benzene rings is 3. The van der Waals surface area contributed by atoms with E-state index in [0.717, 1.165) is 57.3 Å². The maximum Gasteiger partial charge on any atom is 0.339 e. The first kappa shape index (κ1) is 38.4. The molecule has 0 aliphatic carbocycles. The molecule has 3 aromatic rings. The highest BCUT2D eigenvalue weighted by Gasteiger charge is 2.45. The van der Waals surface area contributed by atoms with Gasteiger partial charge in [-0.2, -0.15) is 0 Å². The number of likely N-dealkylation sites (tertiary alicyclic amines) is 1. The summed E-state index contributed by atoms with van der Waals surface area (Å²) < 4.78 is 59.8. The van der Waals surface area contributed by atoms with Gasteiger partial charge in [0.2, 0.25) is 13.1 Å². The Bertz CT molecular complexity index is 1760. The molecule has 2 fully saturated rings. The number of ether oxygens (including phenoxy) is 10. The van der Waals surface area contributed by atoms with E-state index in [1.807, 2.05) is 30.3 Å². The maximum absolute atomic E-state index is 13.6. The van der Waals surface area contributed by atoms with Crippen LogP contribution in [0.15, 0.2) is 30.3 Å². The number of hydrogen-bond acceptors (Lipinski definition) is 13. The van der Waals surface area contributed by atoms with Gasteiger partial charge in [0, 0.05) is 50.4 Å². The van der Waals surface area contributed by atoms with Crippen LogP contribution in [0.1, 0.15) is 67.3 Å². The Kier molecular flexibility index (Phi) is 12.6. The zero-order valence-electron chi connectivity index (χ0n) is 31.8. The van der Waals surface area contributed by atoms with Gasteiger partial charge >= 0.3 is 5.97 Å². The summed E-state index contributed by atoms with van der Waals surface area (Å²) in [5.74, 6) is 2.18. The third-order valence-electron chi connectivity index (χ3n) is 11.0. The van der Waals surface area contributed by atoms with E-state index in [4.69, 9.17) is 47.4 Å². The van der Waals surface area contributed by atoms with Gasteiger partial charge in [-0.1, -0.05) is 31.7 Å². The normalized spacial score (nSPS) is 22.7. The smallest absolute Gasteiger partial charge is 0.339 e. The highest BCUT2D eigenvalue weighted by Crippen LogP contribution is 2.50. The molecule has 0 spiro atoms. The second-order valence-electron chi connectivity index (χ2n) is 14.3. The molecule has 0 saturated carbocycles. The summed E-state index contributed by atoms with van der Waals surface area (Å²) in [7, 11) is 6.42. The summed E-state index contributed by atoms with van der Waals surface area (Å²) in [5.41, 5.74) is 2.39. The van der Waals surface area contributed by atoms with E-state index >= 15 is 0 Å². The fourth-order valence-electron chi connectivity index (χ4n) is 8.03. The Balaban J connectivity index is 1.11. The van der Waals surface area contributed by atoms with Crippen molar-refractivity contribution in [1.82, 2.24) is 4.90 Å². The number of hydrogen-bond donors (Lipinski definition) is 1. The minimum absolute atomic E-state index is 0.0130. The van der Waals surface area contributed by atoms with Crippen molar-refractivity contribution in [3.05, 3.63) is 41.5 Å². The summed E-state index contributed by atoms with van der Waals surface area (Å²) in [5, 5.41) is 11.1. The summed E-state index contributed by atoms with van der Waals surface area (Å²) >= 11 is 0. The molecule has 4 aliphatic heterocycles. The topological polar surface area (TPSA) is 133 Å². The lowest BCUT2D eigenvalue weighted by molar-refractivity contribution is -0.264. The Morgan fingerprint density at radius 2 is 1.52 bits per heavy atom. The molecule has 0 bridgehead atoms. The molecule has 4 heterocycles. The van der Waals surface area contributed by atoms with Gasteiger partial charge in [-0.3, -0.25) is 0 Å². The maximum atomic E-state index is 13.6. The van der Waals surface area contributed by atoms with Gasteiger partial charge in [-0.15, -0.1) is 0 Å². The number of nitrogens with zero attached hydrogens (tertiary/aromatic N) is 1. The van der Waals surface area contributed by atoms with Crippen LogP contribution in [0.5, 0.6) is 28.7 Å². The average molecular weight is 752 g/mol. The van der Waals surface area contributed by atoms with Gasteiger partial charge in [0.05, 0.1) is 32.5 Å². The van der Waals surface area contributed by atoms with E-state index in [2.05, 4.69) is 4.90 Å². The van der Waals surface area contributed by atoms with Crippen LogP contribution in [0.4, 0.5) is 0 Å². The number of aliphatic hydroxyl groups excluding tert-OH is 1. The highest BCUT2D eigenvalue weighted by molar-refractivity contribution is 6.14. The minimum Gasteiger partial charge on any atom is -0.493 e. The van der Waals surface area contributed by atoms with E-state index in [-0.39, 0.29) is 32.2 Å². The first-order valence-electron chi connectivity index (χ1n) is 19.1. The van der Waals surface area contributed by atoms with Crippen LogP contribution in [0.25, 0.3) is 21.9 Å². The van der Waals surface area contributed by atoms with Crippen LogP contribution in [0.3, 0.4) is 0 Å². The van der Waals surface area contributed by atoms with Crippen LogP contribution >= 0.6 is 0 Å². The van der Waals surface area contributed by atoms with Gasteiger partial charge in [-0.05, 0) is 67.4 Å². The molecule has 0 amide bonds. The van der Waals surface area contributed by atoms with Gasteiger partial charge in [-0.25, -0.2) is 4.79 Å². The molecule has 13 heteroatoms. The third-order valence-corrected chi connectivity index (χ3v) is 11.0. The number of piperidine rings is 1.